The number of nitrogens with two attached hydrogens (primary N) is 1. The molecule has 1 aromatic carbocycles. The zero-order valence-electron chi connectivity index (χ0n) is 16.2. The number of ether oxygens (including phenoxy) is 1. The van der Waals surface area contributed by atoms with Crippen molar-refractivity contribution in [3.05, 3.63) is 56.2 Å². The van der Waals surface area contributed by atoms with E-state index in [-0.39, 0.29) is 73.5 Å². The van der Waals surface area contributed by atoms with Gasteiger partial charge in [0.1, 0.15) is 0 Å². The van der Waals surface area contributed by atoms with Crippen LogP contribution in [0.25, 0.3) is 0 Å². The standard InChI is InChI=1S/C7H7.C6H12N2O3.C4H9.CH3.W.Y/c1-7-5-3-2-4-6-7;1-8-6(10)4(7)3-5(9)11-2;1-4(2)3;;;/h2-6H,1H2;4H,3,7H2,1-2H3,(H,8,10);1-3H3;1H3;;/q-1;;2*-1;;/t;4-;;;;/m.1..../s1. The minimum Gasteiger partial charge on any atom is -0.469 e. The Kier molecular flexibility index (Phi) is 34.1. The second-order valence-electron chi connectivity index (χ2n) is 4.99. The molecule has 0 saturated carbocycles. The van der Waals surface area contributed by atoms with Gasteiger partial charge in [0.2, 0.25) is 5.91 Å². The summed E-state index contributed by atoms with van der Waals surface area (Å²) in [5.74, 6) is 0.566. The Morgan fingerprint density at radius 1 is 1.24 bits per heavy atom. The zero-order chi connectivity index (χ0) is 17.5. The summed E-state index contributed by atoms with van der Waals surface area (Å²) in [4.78, 5) is 21.3. The van der Waals surface area contributed by atoms with Crippen LogP contribution < -0.4 is 11.1 Å². The monoisotopic (exact) mass is 596 g/mol. The fourth-order valence-electron chi connectivity index (χ4n) is 1.02. The smallest absolute Gasteiger partial charge is 0.307 e. The van der Waals surface area contributed by atoms with Crippen molar-refractivity contribution in [1.29, 1.82) is 0 Å². The second kappa shape index (κ2) is 23.8. The van der Waals surface area contributed by atoms with E-state index >= 15 is 0 Å². The predicted molar refractivity (Wildman–Crippen MR) is 96.3 cm³/mol. The Balaban J connectivity index is -0.0000000831. The van der Waals surface area contributed by atoms with E-state index in [2.05, 4.69) is 37.7 Å². The fraction of sp³-hybridized carbons (Fsp3) is 0.389. The molecule has 0 aromatic heterocycles. The minimum absolute atomic E-state index is 0. The normalized spacial score (nSPS) is 9.08. The Morgan fingerprint density at radius 2 is 1.64 bits per heavy atom. The molecule has 0 aliphatic rings. The quantitative estimate of drug-likeness (QED) is 0.416. The van der Waals surface area contributed by atoms with Crippen molar-refractivity contribution in [2.24, 2.45) is 5.73 Å². The summed E-state index contributed by atoms with van der Waals surface area (Å²) in [5.41, 5.74) is 6.36. The number of carbonyl (C=O) groups excluding carboxylic acids is 2. The molecule has 3 N–H and O–H groups in total. The Labute approximate surface area is 193 Å². The molecule has 0 spiro atoms. The van der Waals surface area contributed by atoms with Gasteiger partial charge in [-0.05, 0) is 0 Å². The van der Waals surface area contributed by atoms with Gasteiger partial charge in [0.25, 0.3) is 0 Å². The first-order valence-electron chi connectivity index (χ1n) is 6.92. The third-order valence-electron chi connectivity index (χ3n) is 2.04. The van der Waals surface area contributed by atoms with E-state index in [0.29, 0.717) is 0 Å². The van der Waals surface area contributed by atoms with Crippen molar-refractivity contribution >= 4 is 11.9 Å². The number of methoxy groups -OCH3 is 1. The van der Waals surface area contributed by atoms with E-state index in [9.17, 15) is 9.59 Å². The summed E-state index contributed by atoms with van der Waals surface area (Å²) in [6.07, 6.45) is -0.0871. The van der Waals surface area contributed by atoms with Crippen LogP contribution in [0.3, 0.4) is 0 Å². The van der Waals surface area contributed by atoms with Crippen LogP contribution in [-0.2, 0) is 68.1 Å². The summed E-state index contributed by atoms with van der Waals surface area (Å²) in [6.45, 7) is 9.97. The first-order valence-corrected chi connectivity index (χ1v) is 6.92. The van der Waals surface area contributed by atoms with E-state index in [0.717, 1.165) is 5.56 Å². The van der Waals surface area contributed by atoms with Gasteiger partial charge in [-0.15, -0.1) is 12.1 Å². The number of esters is 1. The molecule has 1 aromatic rings. The molecular weight excluding hydrogens is 565 g/mol. The van der Waals surface area contributed by atoms with E-state index < -0.39 is 12.0 Å². The molecule has 0 heterocycles. The van der Waals surface area contributed by atoms with Crippen LogP contribution in [0.15, 0.2) is 30.3 Å². The van der Waals surface area contributed by atoms with Crippen LogP contribution in [0.4, 0.5) is 0 Å². The Bertz CT molecular complexity index is 415. The molecule has 1 radical (unpaired) electrons. The molecule has 0 saturated heterocycles. The van der Waals surface area contributed by atoms with Crippen molar-refractivity contribution < 1.29 is 68.1 Å². The topological polar surface area (TPSA) is 81.4 Å². The number of amides is 1. The van der Waals surface area contributed by atoms with Crippen molar-refractivity contribution in [2.45, 2.75) is 33.2 Å². The summed E-state index contributed by atoms with van der Waals surface area (Å²) in [5, 5.41) is 2.32. The van der Waals surface area contributed by atoms with E-state index in [1.54, 1.807) is 0 Å². The van der Waals surface area contributed by atoms with Crippen LogP contribution >= 0.6 is 0 Å². The molecule has 0 aliphatic carbocycles. The van der Waals surface area contributed by atoms with Gasteiger partial charge in [-0.1, -0.05) is 6.07 Å². The van der Waals surface area contributed by atoms with Gasteiger partial charge in [-0.2, -0.15) is 45.4 Å². The van der Waals surface area contributed by atoms with Gasteiger partial charge < -0.3 is 29.1 Å². The Morgan fingerprint density at radius 3 is 1.88 bits per heavy atom. The minimum atomic E-state index is -0.813. The van der Waals surface area contributed by atoms with Gasteiger partial charge in [-0.3, -0.25) is 9.59 Å². The zero-order valence-corrected chi connectivity index (χ0v) is 21.9. The molecule has 25 heavy (non-hydrogen) atoms. The maximum Gasteiger partial charge on any atom is 0.307 e. The molecule has 1 rings (SSSR count). The van der Waals surface area contributed by atoms with Crippen LogP contribution in [0.5, 0.6) is 0 Å². The molecule has 1 atom stereocenters. The van der Waals surface area contributed by atoms with Crippen molar-refractivity contribution in [1.82, 2.24) is 5.32 Å². The molecule has 1 amide bonds. The summed E-state index contributed by atoms with van der Waals surface area (Å²) < 4.78 is 4.32. The molecule has 0 aliphatic heterocycles. The molecule has 7 heteroatoms. The van der Waals surface area contributed by atoms with E-state index in [4.69, 9.17) is 5.73 Å². The van der Waals surface area contributed by atoms with E-state index in [1.165, 1.54) is 20.1 Å². The second-order valence-corrected chi connectivity index (χ2v) is 4.99. The first kappa shape index (κ1) is 35.8. The van der Waals surface area contributed by atoms with Gasteiger partial charge in [0.05, 0.1) is 19.6 Å². The van der Waals surface area contributed by atoms with Gasteiger partial charge in [-0.25, -0.2) is 0 Å². The summed E-state index contributed by atoms with van der Waals surface area (Å²) in [7, 11) is 2.71. The summed E-state index contributed by atoms with van der Waals surface area (Å²) in [6, 6.07) is 9.06. The number of carbonyl (C=O) groups is 2. The van der Waals surface area contributed by atoms with Crippen molar-refractivity contribution in [2.75, 3.05) is 14.2 Å². The van der Waals surface area contributed by atoms with Crippen molar-refractivity contribution in [3.8, 4) is 0 Å². The number of rotatable bonds is 3. The molecule has 0 unspecified atom stereocenters. The number of nitrogens with one attached hydrogen (secondary N) is 1. The third-order valence-corrected chi connectivity index (χ3v) is 2.04. The van der Waals surface area contributed by atoms with Gasteiger partial charge in [0.15, 0.2) is 0 Å². The van der Waals surface area contributed by atoms with Crippen LogP contribution in [0.2, 0.25) is 0 Å². The number of likely N-dealkylation sites (N-methyl/N-ethyl adjacent to an activating group) is 1. The fourth-order valence-corrected chi connectivity index (χ4v) is 1.02. The maximum atomic E-state index is 10.7. The number of hydrogen-bond donors (Lipinski definition) is 2. The molecule has 0 bridgehead atoms. The van der Waals surface area contributed by atoms with E-state index in [1.807, 2.05) is 30.3 Å². The van der Waals surface area contributed by atoms with Crippen LogP contribution in [0, 0.1) is 20.3 Å². The average Bonchev–Trinajstić information content (AvgIpc) is 2.47. The van der Waals surface area contributed by atoms with Gasteiger partial charge >= 0.3 is 5.97 Å². The van der Waals surface area contributed by atoms with Crippen LogP contribution in [0.1, 0.15) is 32.8 Å². The van der Waals surface area contributed by atoms with Gasteiger partial charge in [0, 0.05) is 60.8 Å². The SMILES string of the molecule is CNC(=O)[C@H](N)CC(=O)OC.C[C-](C)C.[CH2-]c1ccccc1.[CH3-].[W].[Y]. The largest absolute Gasteiger partial charge is 0.469 e. The van der Waals surface area contributed by atoms with Crippen LogP contribution in [-0.4, -0.2) is 32.1 Å². The molecule has 143 valence electrons. The molecular formula is C18H31N2O3WY-3. The molecule has 5 nitrogen and oxygen atoms in total. The maximum absolute atomic E-state index is 10.7. The predicted octanol–water partition coefficient (Wildman–Crippen LogP) is 2.56. The number of hydrogen-bond acceptors (Lipinski definition) is 4. The third kappa shape index (κ3) is 28.8. The van der Waals surface area contributed by atoms with Crippen molar-refractivity contribution in [3.63, 3.8) is 0 Å². The summed E-state index contributed by atoms with van der Waals surface area (Å²) >= 11 is 0. The average molecular weight is 596 g/mol. The first-order chi connectivity index (χ1) is 10.2. The molecule has 0 fully saturated rings. The Hall–Kier alpha value is -0.218. The number of benzene rings is 1.